The molecule has 1 fully saturated rings. The Labute approximate surface area is 115 Å². The molecule has 1 aromatic heterocycles. The van der Waals surface area contributed by atoms with E-state index in [1.165, 1.54) is 5.56 Å². The predicted octanol–water partition coefficient (Wildman–Crippen LogP) is 1.96. The molecular weight excluding hydrogens is 238 g/mol. The molecule has 0 aromatic carbocycles. The van der Waals surface area contributed by atoms with Crippen molar-refractivity contribution in [3.05, 3.63) is 23.9 Å². The van der Waals surface area contributed by atoms with Crippen LogP contribution < -0.4 is 10.2 Å². The number of aliphatic hydroxyl groups is 1. The summed E-state index contributed by atoms with van der Waals surface area (Å²) < 4.78 is 0. The Kier molecular flexibility index (Phi) is 4.77. The molecule has 0 radical (unpaired) electrons. The molecule has 0 saturated carbocycles. The molecule has 1 aromatic rings. The molecule has 0 spiro atoms. The van der Waals surface area contributed by atoms with Crippen LogP contribution in [-0.2, 0) is 0 Å². The minimum Gasteiger partial charge on any atom is -0.393 e. The van der Waals surface area contributed by atoms with Gasteiger partial charge >= 0.3 is 0 Å². The van der Waals surface area contributed by atoms with Crippen molar-refractivity contribution in [3.8, 4) is 0 Å². The number of nitrogens with one attached hydrogen (secondary N) is 1. The largest absolute Gasteiger partial charge is 0.393 e. The average molecular weight is 263 g/mol. The maximum atomic E-state index is 9.80. The van der Waals surface area contributed by atoms with Crippen LogP contribution in [0.2, 0.25) is 0 Å². The first-order chi connectivity index (χ1) is 9.11. The summed E-state index contributed by atoms with van der Waals surface area (Å²) in [5.74, 6) is 1.34. The monoisotopic (exact) mass is 263 g/mol. The molecule has 1 aliphatic heterocycles. The third-order valence-corrected chi connectivity index (χ3v) is 3.96. The van der Waals surface area contributed by atoms with Crippen LogP contribution in [0.1, 0.15) is 38.8 Å². The molecule has 0 amide bonds. The summed E-state index contributed by atoms with van der Waals surface area (Å²) in [6.45, 7) is 9.12. The van der Waals surface area contributed by atoms with Gasteiger partial charge in [0.05, 0.1) is 6.10 Å². The molecule has 1 aliphatic rings. The normalized spacial score (nSPS) is 25.4. The topological polar surface area (TPSA) is 48.4 Å². The van der Waals surface area contributed by atoms with Gasteiger partial charge in [0, 0.05) is 25.3 Å². The number of aromatic nitrogens is 1. The quantitative estimate of drug-likeness (QED) is 0.872. The van der Waals surface area contributed by atoms with Crippen LogP contribution in [0.5, 0.6) is 0 Å². The number of hydrogen-bond donors (Lipinski definition) is 2. The van der Waals surface area contributed by atoms with E-state index >= 15 is 0 Å². The molecule has 2 N–H and O–H groups in total. The lowest BCUT2D eigenvalue weighted by Gasteiger charge is -2.35. The summed E-state index contributed by atoms with van der Waals surface area (Å²) in [7, 11) is 0. The Bertz CT molecular complexity index is 410. The number of hydrogen-bond acceptors (Lipinski definition) is 4. The lowest BCUT2D eigenvalue weighted by molar-refractivity contribution is 0.0969. The van der Waals surface area contributed by atoms with E-state index < -0.39 is 0 Å². The summed E-state index contributed by atoms with van der Waals surface area (Å²) in [5.41, 5.74) is 1.27. The maximum Gasteiger partial charge on any atom is 0.128 e. The van der Waals surface area contributed by atoms with E-state index in [1.54, 1.807) is 0 Å². The van der Waals surface area contributed by atoms with Gasteiger partial charge in [0.25, 0.3) is 0 Å². The van der Waals surface area contributed by atoms with Crippen molar-refractivity contribution < 1.29 is 5.11 Å². The van der Waals surface area contributed by atoms with Crippen molar-refractivity contribution in [2.24, 2.45) is 5.92 Å². The van der Waals surface area contributed by atoms with Gasteiger partial charge in [-0.3, -0.25) is 0 Å². The standard InChI is InChI=1S/C15H25N3O/c1-4-16-12(3)13-5-7-17-15(9-13)18-8-6-14(19)11(2)10-18/h5,7,9,11-12,14,16,19H,4,6,8,10H2,1-3H3. The zero-order valence-corrected chi connectivity index (χ0v) is 12.1. The Morgan fingerprint density at radius 3 is 3.05 bits per heavy atom. The van der Waals surface area contributed by atoms with E-state index in [2.05, 4.69) is 48.1 Å². The van der Waals surface area contributed by atoms with Gasteiger partial charge in [0.2, 0.25) is 0 Å². The van der Waals surface area contributed by atoms with E-state index in [0.29, 0.717) is 12.0 Å². The first-order valence-electron chi connectivity index (χ1n) is 7.24. The van der Waals surface area contributed by atoms with Crippen LogP contribution in [-0.4, -0.2) is 35.8 Å². The van der Waals surface area contributed by atoms with Crippen LogP contribution in [0.3, 0.4) is 0 Å². The minimum absolute atomic E-state index is 0.167. The zero-order valence-electron chi connectivity index (χ0n) is 12.1. The summed E-state index contributed by atoms with van der Waals surface area (Å²) in [5, 5.41) is 13.2. The van der Waals surface area contributed by atoms with Crippen LogP contribution in [0.15, 0.2) is 18.3 Å². The fourth-order valence-electron chi connectivity index (χ4n) is 2.64. The van der Waals surface area contributed by atoms with Gasteiger partial charge in [0.1, 0.15) is 5.82 Å². The molecule has 2 rings (SSSR count). The van der Waals surface area contributed by atoms with Crippen LogP contribution in [0, 0.1) is 5.92 Å². The molecule has 2 heterocycles. The molecule has 3 atom stereocenters. The number of piperidine rings is 1. The van der Waals surface area contributed by atoms with Gasteiger partial charge in [-0.25, -0.2) is 4.98 Å². The van der Waals surface area contributed by atoms with Gasteiger partial charge < -0.3 is 15.3 Å². The highest BCUT2D eigenvalue weighted by molar-refractivity contribution is 5.42. The van der Waals surface area contributed by atoms with Crippen molar-refractivity contribution in [1.29, 1.82) is 0 Å². The number of anilines is 1. The van der Waals surface area contributed by atoms with Crippen LogP contribution in [0.25, 0.3) is 0 Å². The van der Waals surface area contributed by atoms with Crippen molar-refractivity contribution in [2.75, 3.05) is 24.5 Å². The molecule has 19 heavy (non-hydrogen) atoms. The van der Waals surface area contributed by atoms with Crippen molar-refractivity contribution in [2.45, 2.75) is 39.3 Å². The van der Waals surface area contributed by atoms with Crippen LogP contribution in [0.4, 0.5) is 5.82 Å². The van der Waals surface area contributed by atoms with E-state index in [9.17, 15) is 5.11 Å². The second-order valence-corrected chi connectivity index (χ2v) is 5.51. The number of aliphatic hydroxyl groups excluding tert-OH is 1. The van der Waals surface area contributed by atoms with Crippen LogP contribution >= 0.6 is 0 Å². The third kappa shape index (κ3) is 3.45. The first-order valence-corrected chi connectivity index (χ1v) is 7.24. The van der Waals surface area contributed by atoms with Gasteiger partial charge in [-0.2, -0.15) is 0 Å². The fraction of sp³-hybridized carbons (Fsp3) is 0.667. The lowest BCUT2D eigenvalue weighted by Crippen LogP contribution is -2.42. The highest BCUT2D eigenvalue weighted by Crippen LogP contribution is 2.23. The zero-order chi connectivity index (χ0) is 13.8. The molecule has 106 valence electrons. The van der Waals surface area contributed by atoms with Crippen molar-refractivity contribution in [3.63, 3.8) is 0 Å². The molecule has 1 saturated heterocycles. The highest BCUT2D eigenvalue weighted by atomic mass is 16.3. The molecule has 4 heteroatoms. The Morgan fingerprint density at radius 1 is 1.58 bits per heavy atom. The summed E-state index contributed by atoms with van der Waals surface area (Å²) in [6.07, 6.45) is 2.55. The van der Waals surface area contributed by atoms with E-state index in [1.807, 2.05) is 6.20 Å². The Balaban J connectivity index is 2.10. The van der Waals surface area contributed by atoms with Gasteiger partial charge in [-0.1, -0.05) is 13.8 Å². The molecular formula is C15H25N3O. The average Bonchev–Trinajstić information content (AvgIpc) is 2.42. The number of nitrogens with zero attached hydrogens (tertiary/aromatic N) is 2. The lowest BCUT2D eigenvalue weighted by atomic mass is 9.96. The maximum absolute atomic E-state index is 9.80. The van der Waals surface area contributed by atoms with Gasteiger partial charge in [-0.05, 0) is 43.5 Å². The highest BCUT2D eigenvalue weighted by Gasteiger charge is 2.25. The second-order valence-electron chi connectivity index (χ2n) is 5.51. The Hall–Kier alpha value is -1.13. The SMILES string of the molecule is CCNC(C)c1ccnc(N2CCC(O)C(C)C2)c1. The van der Waals surface area contributed by atoms with Gasteiger partial charge in [-0.15, -0.1) is 0 Å². The molecule has 4 nitrogen and oxygen atoms in total. The smallest absolute Gasteiger partial charge is 0.128 e. The van der Waals surface area contributed by atoms with Crippen molar-refractivity contribution >= 4 is 5.82 Å². The van der Waals surface area contributed by atoms with Gasteiger partial charge in [0.15, 0.2) is 0 Å². The van der Waals surface area contributed by atoms with E-state index in [-0.39, 0.29) is 6.10 Å². The predicted molar refractivity (Wildman–Crippen MR) is 78.3 cm³/mol. The fourth-order valence-corrected chi connectivity index (χ4v) is 2.64. The second kappa shape index (κ2) is 6.35. The van der Waals surface area contributed by atoms with E-state index in [4.69, 9.17) is 0 Å². The summed E-state index contributed by atoms with van der Waals surface area (Å²) in [6, 6.07) is 4.58. The van der Waals surface area contributed by atoms with E-state index in [0.717, 1.165) is 31.9 Å². The molecule has 3 unspecified atom stereocenters. The molecule has 0 bridgehead atoms. The minimum atomic E-state index is -0.167. The number of pyridine rings is 1. The molecule has 0 aliphatic carbocycles. The number of rotatable bonds is 4. The summed E-state index contributed by atoms with van der Waals surface area (Å²) >= 11 is 0. The Morgan fingerprint density at radius 2 is 2.37 bits per heavy atom. The third-order valence-electron chi connectivity index (χ3n) is 3.96. The van der Waals surface area contributed by atoms with Crippen molar-refractivity contribution in [1.82, 2.24) is 10.3 Å². The first kappa shape index (κ1) is 14.3. The summed E-state index contributed by atoms with van der Waals surface area (Å²) in [4.78, 5) is 6.76.